The molecule has 0 fully saturated rings. The van der Waals surface area contributed by atoms with Gasteiger partial charge in [-0.15, -0.1) is 0 Å². The summed E-state index contributed by atoms with van der Waals surface area (Å²) < 4.78 is 5.35. The fraction of sp³-hybridized carbons (Fsp3) is 0.111. The van der Waals surface area contributed by atoms with E-state index in [1.54, 1.807) is 48.5 Å². The van der Waals surface area contributed by atoms with Gasteiger partial charge in [-0.2, -0.15) is 0 Å². The molecule has 1 aliphatic heterocycles. The Morgan fingerprint density at radius 2 is 1.62 bits per heavy atom. The number of carbonyl (C=O) groups is 2. The minimum atomic E-state index is -0.758. The van der Waals surface area contributed by atoms with Gasteiger partial charge >= 0.3 is 5.91 Å². The van der Waals surface area contributed by atoms with Crippen LogP contribution in [0.1, 0.15) is 12.5 Å². The van der Waals surface area contributed by atoms with Crippen molar-refractivity contribution in [3.63, 3.8) is 0 Å². The average molecular weight is 344 g/mol. The summed E-state index contributed by atoms with van der Waals surface area (Å²) in [6.45, 7) is 2.39. The Balaban J connectivity index is 1.95. The molecule has 2 amide bonds. The molecule has 0 saturated heterocycles. The number of aliphatic hydroxyl groups is 1. The molecule has 1 N–H and O–H groups in total. The van der Waals surface area contributed by atoms with E-state index >= 15 is 0 Å². The van der Waals surface area contributed by atoms with E-state index in [0.717, 1.165) is 4.90 Å². The minimum absolute atomic E-state index is 0.0296. The largest absolute Gasteiger partial charge is 0.502 e. The number of carbonyl (C=O) groups excluding carboxylic acids is 2. The summed E-state index contributed by atoms with van der Waals surface area (Å²) in [5, 5.41) is 10.6. The Bertz CT molecular complexity index is 825. The van der Waals surface area contributed by atoms with Crippen molar-refractivity contribution in [2.75, 3.05) is 11.5 Å². The van der Waals surface area contributed by atoms with Crippen molar-refractivity contribution < 1.29 is 19.4 Å². The molecule has 6 heteroatoms. The number of aliphatic hydroxyl groups excluding tert-OH is 1. The van der Waals surface area contributed by atoms with Crippen molar-refractivity contribution in [1.82, 2.24) is 0 Å². The highest BCUT2D eigenvalue weighted by Gasteiger charge is 2.40. The van der Waals surface area contributed by atoms with Crippen molar-refractivity contribution in [3.05, 3.63) is 64.9 Å². The molecule has 2 aromatic carbocycles. The van der Waals surface area contributed by atoms with E-state index in [9.17, 15) is 14.7 Å². The third-order valence-electron chi connectivity index (χ3n) is 3.60. The number of halogens is 1. The molecule has 0 bridgehead atoms. The lowest BCUT2D eigenvalue weighted by atomic mass is 10.1. The SMILES string of the molecule is CCOc1ccc(C2=C(O)C(=O)N(c3ccc(Cl)cc3)C2=O)cc1. The summed E-state index contributed by atoms with van der Waals surface area (Å²) in [6, 6.07) is 12.9. The van der Waals surface area contributed by atoms with E-state index in [1.165, 1.54) is 0 Å². The third-order valence-corrected chi connectivity index (χ3v) is 3.85. The summed E-state index contributed by atoms with van der Waals surface area (Å²) in [4.78, 5) is 25.9. The molecule has 122 valence electrons. The van der Waals surface area contributed by atoms with Crippen LogP contribution >= 0.6 is 11.6 Å². The second-order valence-electron chi connectivity index (χ2n) is 5.10. The molecule has 0 spiro atoms. The van der Waals surface area contributed by atoms with Crippen molar-refractivity contribution >= 4 is 34.7 Å². The van der Waals surface area contributed by atoms with Gasteiger partial charge in [-0.1, -0.05) is 23.7 Å². The van der Waals surface area contributed by atoms with Gasteiger partial charge in [-0.25, -0.2) is 4.90 Å². The lowest BCUT2D eigenvalue weighted by Crippen LogP contribution is -2.31. The van der Waals surface area contributed by atoms with Crippen molar-refractivity contribution in [2.45, 2.75) is 6.92 Å². The smallest absolute Gasteiger partial charge is 0.301 e. The number of anilines is 1. The Morgan fingerprint density at radius 1 is 1.00 bits per heavy atom. The second kappa shape index (κ2) is 6.37. The maximum atomic E-state index is 12.6. The maximum absolute atomic E-state index is 12.6. The monoisotopic (exact) mass is 343 g/mol. The highest BCUT2D eigenvalue weighted by Crippen LogP contribution is 2.32. The first-order chi connectivity index (χ1) is 11.5. The number of hydrogen-bond donors (Lipinski definition) is 1. The van der Waals surface area contributed by atoms with Crippen LogP contribution in [0.2, 0.25) is 5.02 Å². The summed E-state index contributed by atoms with van der Waals surface area (Å²) in [5.74, 6) is -1.26. The molecule has 0 saturated carbocycles. The van der Waals surface area contributed by atoms with Crippen LogP contribution in [0.25, 0.3) is 5.57 Å². The van der Waals surface area contributed by atoms with Gasteiger partial charge in [0.1, 0.15) is 5.75 Å². The van der Waals surface area contributed by atoms with Crippen LogP contribution in [-0.2, 0) is 9.59 Å². The third kappa shape index (κ3) is 2.74. The van der Waals surface area contributed by atoms with E-state index in [0.29, 0.717) is 28.6 Å². The molecule has 0 unspecified atom stereocenters. The highest BCUT2D eigenvalue weighted by molar-refractivity contribution is 6.45. The van der Waals surface area contributed by atoms with Crippen LogP contribution in [0.5, 0.6) is 5.75 Å². The number of imide groups is 1. The number of amides is 2. The molecule has 3 rings (SSSR count). The fourth-order valence-corrected chi connectivity index (χ4v) is 2.61. The average Bonchev–Trinajstić information content (AvgIpc) is 2.80. The predicted octanol–water partition coefficient (Wildman–Crippen LogP) is 3.58. The summed E-state index contributed by atoms with van der Waals surface area (Å²) in [6.07, 6.45) is 0. The molecule has 0 radical (unpaired) electrons. The lowest BCUT2D eigenvalue weighted by molar-refractivity contribution is -0.121. The Hall–Kier alpha value is -2.79. The Labute approximate surface area is 143 Å². The number of ether oxygens (including phenoxy) is 1. The number of hydrogen-bond acceptors (Lipinski definition) is 4. The molecule has 0 aliphatic carbocycles. The quantitative estimate of drug-likeness (QED) is 0.862. The van der Waals surface area contributed by atoms with Gasteiger partial charge < -0.3 is 9.84 Å². The summed E-state index contributed by atoms with van der Waals surface area (Å²) >= 11 is 5.82. The molecular weight excluding hydrogens is 330 g/mol. The number of nitrogens with zero attached hydrogens (tertiary/aromatic N) is 1. The lowest BCUT2D eigenvalue weighted by Gasteiger charge is -2.14. The van der Waals surface area contributed by atoms with E-state index < -0.39 is 17.6 Å². The van der Waals surface area contributed by atoms with E-state index in [4.69, 9.17) is 16.3 Å². The molecule has 24 heavy (non-hydrogen) atoms. The van der Waals surface area contributed by atoms with Gasteiger partial charge in [-0.3, -0.25) is 9.59 Å². The second-order valence-corrected chi connectivity index (χ2v) is 5.54. The van der Waals surface area contributed by atoms with E-state index in [-0.39, 0.29) is 5.57 Å². The Morgan fingerprint density at radius 3 is 2.21 bits per heavy atom. The van der Waals surface area contributed by atoms with E-state index in [1.807, 2.05) is 6.92 Å². The minimum Gasteiger partial charge on any atom is -0.502 e. The molecule has 1 heterocycles. The van der Waals surface area contributed by atoms with Crippen LogP contribution < -0.4 is 9.64 Å². The van der Waals surface area contributed by atoms with E-state index in [2.05, 4.69) is 0 Å². The molecule has 2 aromatic rings. The topological polar surface area (TPSA) is 66.8 Å². The zero-order chi connectivity index (χ0) is 17.3. The molecule has 5 nitrogen and oxygen atoms in total. The van der Waals surface area contributed by atoms with Crippen molar-refractivity contribution in [2.24, 2.45) is 0 Å². The van der Waals surface area contributed by atoms with Gasteiger partial charge in [0, 0.05) is 5.02 Å². The highest BCUT2D eigenvalue weighted by atomic mass is 35.5. The van der Waals surface area contributed by atoms with Crippen LogP contribution in [0, 0.1) is 0 Å². The fourth-order valence-electron chi connectivity index (χ4n) is 2.49. The van der Waals surface area contributed by atoms with Crippen LogP contribution in [-0.4, -0.2) is 23.5 Å². The zero-order valence-corrected chi connectivity index (χ0v) is 13.6. The van der Waals surface area contributed by atoms with Gasteiger partial charge in [0.15, 0.2) is 5.76 Å². The first-order valence-electron chi connectivity index (χ1n) is 7.33. The first-order valence-corrected chi connectivity index (χ1v) is 7.71. The summed E-state index contributed by atoms with van der Waals surface area (Å²) in [7, 11) is 0. The Kier molecular flexibility index (Phi) is 4.27. The van der Waals surface area contributed by atoms with Gasteiger partial charge in [-0.05, 0) is 48.9 Å². The molecular formula is C18H14ClNO4. The number of rotatable bonds is 4. The van der Waals surface area contributed by atoms with Crippen molar-refractivity contribution in [1.29, 1.82) is 0 Å². The molecule has 1 aliphatic rings. The standard InChI is InChI=1S/C18H14ClNO4/c1-2-24-14-9-3-11(4-10-14)15-16(21)18(23)20(17(15)22)13-7-5-12(19)6-8-13/h3-10,21H,2H2,1H3. The van der Waals surface area contributed by atoms with Crippen molar-refractivity contribution in [3.8, 4) is 5.75 Å². The maximum Gasteiger partial charge on any atom is 0.301 e. The van der Waals surface area contributed by atoms with Crippen LogP contribution in [0.15, 0.2) is 54.3 Å². The van der Waals surface area contributed by atoms with Crippen LogP contribution in [0.4, 0.5) is 5.69 Å². The predicted molar refractivity (Wildman–Crippen MR) is 91.1 cm³/mol. The number of benzene rings is 2. The zero-order valence-electron chi connectivity index (χ0n) is 12.8. The van der Waals surface area contributed by atoms with Crippen LogP contribution in [0.3, 0.4) is 0 Å². The van der Waals surface area contributed by atoms with Gasteiger partial charge in [0.2, 0.25) is 0 Å². The van der Waals surface area contributed by atoms with Gasteiger partial charge in [0.05, 0.1) is 17.9 Å². The molecule has 0 atom stereocenters. The first kappa shape index (κ1) is 16.1. The molecule has 0 aromatic heterocycles. The van der Waals surface area contributed by atoms with Gasteiger partial charge in [0.25, 0.3) is 5.91 Å². The summed E-state index contributed by atoms with van der Waals surface area (Å²) in [5.41, 5.74) is 0.769. The normalized spacial score (nSPS) is 14.5.